The summed E-state index contributed by atoms with van der Waals surface area (Å²) in [4.78, 5) is 9.61. The second-order valence-corrected chi connectivity index (χ2v) is 8.67. The van der Waals surface area contributed by atoms with Crippen LogP contribution in [0.5, 0.6) is 0 Å². The van der Waals surface area contributed by atoms with Gasteiger partial charge in [-0.25, -0.2) is 9.97 Å². The van der Waals surface area contributed by atoms with Crippen LogP contribution in [0.2, 0.25) is 0 Å². The lowest BCUT2D eigenvalue weighted by Gasteiger charge is -2.13. The Hall–Kier alpha value is -4.36. The zero-order valence-corrected chi connectivity index (χ0v) is 19.2. The summed E-state index contributed by atoms with van der Waals surface area (Å²) in [6.07, 6.45) is 6.77. The minimum Gasteiger partial charge on any atom is -0.326 e. The molecule has 3 heterocycles. The monoisotopic (exact) mass is 459 g/mol. The summed E-state index contributed by atoms with van der Waals surface area (Å²) < 4.78 is 0. The van der Waals surface area contributed by atoms with E-state index < -0.39 is 0 Å². The highest BCUT2D eigenvalue weighted by Crippen LogP contribution is 2.35. The van der Waals surface area contributed by atoms with Crippen LogP contribution in [-0.2, 0) is 19.4 Å². The molecule has 0 saturated carbocycles. The molecule has 4 N–H and O–H groups in total. The van der Waals surface area contributed by atoms with E-state index in [9.17, 15) is 0 Å². The fourth-order valence-corrected chi connectivity index (χ4v) is 4.65. The van der Waals surface area contributed by atoms with Crippen molar-refractivity contribution in [3.05, 3.63) is 95.4 Å². The van der Waals surface area contributed by atoms with Gasteiger partial charge in [0.15, 0.2) is 5.82 Å². The minimum absolute atomic E-state index is 0.513. The molecule has 0 fully saturated rings. The summed E-state index contributed by atoms with van der Waals surface area (Å²) in [6, 6.07) is 22.6. The van der Waals surface area contributed by atoms with Crippen molar-refractivity contribution in [3.8, 4) is 22.4 Å². The van der Waals surface area contributed by atoms with Crippen molar-refractivity contribution >= 4 is 22.9 Å². The molecule has 0 saturated heterocycles. The van der Waals surface area contributed by atoms with Crippen molar-refractivity contribution in [1.29, 1.82) is 0 Å². The number of hydrazone groups is 1. The van der Waals surface area contributed by atoms with Crippen LogP contribution < -0.4 is 11.2 Å². The molecule has 172 valence electrons. The van der Waals surface area contributed by atoms with Gasteiger partial charge in [0.05, 0.1) is 17.4 Å². The van der Waals surface area contributed by atoms with E-state index >= 15 is 0 Å². The van der Waals surface area contributed by atoms with Crippen LogP contribution >= 0.6 is 0 Å². The van der Waals surface area contributed by atoms with Gasteiger partial charge in [-0.05, 0) is 42.5 Å². The number of nitrogens with one attached hydrogen (secondary N) is 2. The molecule has 1 aliphatic carbocycles. The molecule has 0 aliphatic heterocycles. The number of hydrogen-bond donors (Lipinski definition) is 3. The molecule has 35 heavy (non-hydrogen) atoms. The Morgan fingerprint density at radius 1 is 1.00 bits per heavy atom. The molecule has 0 unspecified atom stereocenters. The first-order valence-electron chi connectivity index (χ1n) is 11.8. The SMILES string of the molecule is NCc1ccc(-c2nc3ccnc(N/N=C/c4n[nH]c5c4CCC5)c3cc2-c2ccccc2)cc1. The quantitative estimate of drug-likeness (QED) is 0.243. The van der Waals surface area contributed by atoms with E-state index in [-0.39, 0.29) is 0 Å². The van der Waals surface area contributed by atoms with Gasteiger partial charge in [-0.3, -0.25) is 10.5 Å². The number of aryl methyl sites for hydroxylation is 1. The van der Waals surface area contributed by atoms with Crippen molar-refractivity contribution in [3.63, 3.8) is 0 Å². The second-order valence-electron chi connectivity index (χ2n) is 8.67. The molecular weight excluding hydrogens is 434 g/mol. The van der Waals surface area contributed by atoms with Crippen molar-refractivity contribution in [2.75, 3.05) is 5.43 Å². The maximum Gasteiger partial charge on any atom is 0.155 e. The molecule has 0 radical (unpaired) electrons. The van der Waals surface area contributed by atoms with Crippen molar-refractivity contribution < 1.29 is 0 Å². The summed E-state index contributed by atoms with van der Waals surface area (Å²) in [5, 5.41) is 12.9. The Kier molecular flexibility index (Phi) is 5.52. The van der Waals surface area contributed by atoms with Gasteiger partial charge in [-0.15, -0.1) is 0 Å². The highest BCUT2D eigenvalue weighted by molar-refractivity contribution is 5.97. The zero-order valence-electron chi connectivity index (χ0n) is 19.2. The lowest BCUT2D eigenvalue weighted by Crippen LogP contribution is -1.99. The summed E-state index contributed by atoms with van der Waals surface area (Å²) in [7, 11) is 0. The molecule has 0 bridgehead atoms. The lowest BCUT2D eigenvalue weighted by molar-refractivity contribution is 0.862. The fourth-order valence-electron chi connectivity index (χ4n) is 4.65. The second kappa shape index (κ2) is 9.12. The van der Waals surface area contributed by atoms with Gasteiger partial charge in [0.25, 0.3) is 0 Å². The van der Waals surface area contributed by atoms with Crippen molar-refractivity contribution in [2.45, 2.75) is 25.8 Å². The molecule has 0 amide bonds. The molecule has 7 heteroatoms. The van der Waals surface area contributed by atoms with Crippen LogP contribution in [0.15, 0.2) is 78.0 Å². The maximum absolute atomic E-state index is 5.80. The summed E-state index contributed by atoms with van der Waals surface area (Å²) >= 11 is 0. The Balaban J connectivity index is 1.42. The van der Waals surface area contributed by atoms with Gasteiger partial charge < -0.3 is 5.73 Å². The molecule has 1 aliphatic rings. The van der Waals surface area contributed by atoms with Crippen LogP contribution in [0.4, 0.5) is 5.82 Å². The number of benzene rings is 2. The average molecular weight is 460 g/mol. The van der Waals surface area contributed by atoms with E-state index in [2.05, 4.69) is 68.2 Å². The molecule has 0 spiro atoms. The van der Waals surface area contributed by atoms with Gasteiger partial charge >= 0.3 is 0 Å². The third kappa shape index (κ3) is 4.06. The number of nitrogens with zero attached hydrogens (tertiary/aromatic N) is 4. The average Bonchev–Trinajstić information content (AvgIpc) is 3.54. The number of nitrogens with two attached hydrogens (primary N) is 1. The van der Waals surface area contributed by atoms with Gasteiger partial charge in [0.2, 0.25) is 0 Å². The molecule has 3 aromatic heterocycles. The molecule has 6 rings (SSSR count). The van der Waals surface area contributed by atoms with E-state index in [0.717, 1.165) is 63.8 Å². The Morgan fingerprint density at radius 2 is 1.86 bits per heavy atom. The van der Waals surface area contributed by atoms with E-state index in [1.54, 1.807) is 12.4 Å². The number of rotatable bonds is 6. The predicted octanol–water partition coefficient (Wildman–Crippen LogP) is 5.08. The Morgan fingerprint density at radius 3 is 2.69 bits per heavy atom. The van der Waals surface area contributed by atoms with Crippen LogP contribution in [-0.4, -0.2) is 26.4 Å². The van der Waals surface area contributed by atoms with Crippen LogP contribution in [0.25, 0.3) is 33.3 Å². The standard InChI is InChI=1S/C28H25N7/c29-16-18-9-11-20(12-10-18)27-22(19-5-2-1-3-6-19)15-23-24(32-27)13-14-30-28(23)35-31-17-26-21-7-4-8-25(21)33-34-26/h1-3,5-6,9-15,17H,4,7-8,16,29H2,(H,30,35)(H,33,34)/b31-17+. The number of fused-ring (bicyclic) bond motifs is 2. The Bertz CT molecular complexity index is 1520. The number of H-pyrrole nitrogens is 1. The molecule has 5 aromatic rings. The molecular formula is C28H25N7. The number of aromatic nitrogens is 4. The lowest BCUT2D eigenvalue weighted by atomic mass is 9.97. The fraction of sp³-hybridized carbons (Fsp3) is 0.143. The third-order valence-electron chi connectivity index (χ3n) is 6.49. The third-order valence-corrected chi connectivity index (χ3v) is 6.49. The normalized spacial score (nSPS) is 12.9. The summed E-state index contributed by atoms with van der Waals surface area (Å²) in [5.74, 6) is 0.653. The highest BCUT2D eigenvalue weighted by atomic mass is 15.3. The molecule has 2 aromatic carbocycles. The number of anilines is 1. The van der Waals surface area contributed by atoms with Crippen LogP contribution in [0, 0.1) is 0 Å². The highest BCUT2D eigenvalue weighted by Gasteiger charge is 2.17. The first kappa shape index (κ1) is 21.2. The van der Waals surface area contributed by atoms with Gasteiger partial charge in [0, 0.05) is 40.5 Å². The van der Waals surface area contributed by atoms with Gasteiger partial charge in [-0.1, -0.05) is 54.6 Å². The van der Waals surface area contributed by atoms with E-state index in [4.69, 9.17) is 10.7 Å². The van der Waals surface area contributed by atoms with Crippen LogP contribution in [0.1, 0.15) is 28.9 Å². The first-order chi connectivity index (χ1) is 17.3. The number of aromatic amines is 1. The van der Waals surface area contributed by atoms with Crippen molar-refractivity contribution in [2.24, 2.45) is 10.8 Å². The number of hydrogen-bond acceptors (Lipinski definition) is 6. The Labute approximate surface area is 203 Å². The van der Waals surface area contributed by atoms with E-state index in [1.807, 2.05) is 24.3 Å². The topological polar surface area (TPSA) is 105 Å². The number of pyridine rings is 2. The first-order valence-corrected chi connectivity index (χ1v) is 11.8. The molecule has 0 atom stereocenters. The van der Waals surface area contributed by atoms with Crippen LogP contribution in [0.3, 0.4) is 0 Å². The summed E-state index contributed by atoms with van der Waals surface area (Å²) in [5.41, 5.74) is 18.3. The van der Waals surface area contributed by atoms with E-state index in [1.165, 1.54) is 11.3 Å². The van der Waals surface area contributed by atoms with Crippen molar-refractivity contribution in [1.82, 2.24) is 20.2 Å². The largest absolute Gasteiger partial charge is 0.326 e. The predicted molar refractivity (Wildman–Crippen MR) is 140 cm³/mol. The molecule has 7 nitrogen and oxygen atoms in total. The van der Waals surface area contributed by atoms with E-state index in [0.29, 0.717) is 12.4 Å². The minimum atomic E-state index is 0.513. The zero-order chi connectivity index (χ0) is 23.6. The smallest absolute Gasteiger partial charge is 0.155 e. The summed E-state index contributed by atoms with van der Waals surface area (Å²) in [6.45, 7) is 0.513. The van der Waals surface area contributed by atoms with Gasteiger partial charge in [-0.2, -0.15) is 10.2 Å². The maximum atomic E-state index is 5.80. The van der Waals surface area contributed by atoms with Gasteiger partial charge in [0.1, 0.15) is 5.69 Å².